The number of nitrogens with two attached hydrogens (primary N) is 1. The number of benzene rings is 1. The third-order valence-corrected chi connectivity index (χ3v) is 3.88. The maximum Gasteiger partial charge on any atom is 0.224 e. The highest BCUT2D eigenvalue weighted by Crippen LogP contribution is 2.26. The highest BCUT2D eigenvalue weighted by Gasteiger charge is 2.24. The van der Waals surface area contributed by atoms with E-state index in [9.17, 15) is 9.59 Å². The summed E-state index contributed by atoms with van der Waals surface area (Å²) in [7, 11) is 0. The molecule has 0 bridgehead atoms. The van der Waals surface area contributed by atoms with E-state index < -0.39 is 0 Å². The quantitative estimate of drug-likeness (QED) is 0.796. The lowest BCUT2D eigenvalue weighted by atomic mass is 9.83. The molecule has 1 aromatic rings. The van der Waals surface area contributed by atoms with Crippen molar-refractivity contribution in [1.29, 1.82) is 0 Å². The summed E-state index contributed by atoms with van der Waals surface area (Å²) in [5.74, 6) is 0.126. The summed E-state index contributed by atoms with van der Waals surface area (Å²) in [5.41, 5.74) is 7.44. The molecule has 21 heavy (non-hydrogen) atoms. The van der Waals surface area contributed by atoms with Crippen LogP contribution in [0.4, 0.5) is 11.4 Å². The molecule has 1 aromatic carbocycles. The van der Waals surface area contributed by atoms with Gasteiger partial charge in [0.15, 0.2) is 0 Å². The van der Waals surface area contributed by atoms with Gasteiger partial charge in [-0.25, -0.2) is 0 Å². The van der Waals surface area contributed by atoms with E-state index in [0.29, 0.717) is 17.8 Å². The first-order valence-electron chi connectivity index (χ1n) is 7.47. The number of hydrogen-bond donors (Lipinski definition) is 3. The zero-order valence-electron chi connectivity index (χ0n) is 12.4. The SMILES string of the molecule is CC(=O)Nc1cccc(NC(=O)CC2CCCCC2N)c1. The van der Waals surface area contributed by atoms with Gasteiger partial charge in [0.25, 0.3) is 0 Å². The van der Waals surface area contributed by atoms with Gasteiger partial charge in [0, 0.05) is 30.8 Å². The van der Waals surface area contributed by atoms with Crippen LogP contribution in [-0.4, -0.2) is 17.9 Å². The van der Waals surface area contributed by atoms with Crippen LogP contribution in [0.15, 0.2) is 24.3 Å². The summed E-state index contributed by atoms with van der Waals surface area (Å²) in [4.78, 5) is 23.1. The van der Waals surface area contributed by atoms with E-state index in [1.54, 1.807) is 18.2 Å². The zero-order chi connectivity index (χ0) is 15.2. The zero-order valence-corrected chi connectivity index (χ0v) is 12.4. The summed E-state index contributed by atoms with van der Waals surface area (Å²) < 4.78 is 0. The van der Waals surface area contributed by atoms with Crippen molar-refractivity contribution in [1.82, 2.24) is 0 Å². The summed E-state index contributed by atoms with van der Waals surface area (Å²) in [6, 6.07) is 7.28. The second kappa shape index (κ2) is 7.22. The first kappa shape index (κ1) is 15.5. The van der Waals surface area contributed by atoms with E-state index in [1.165, 1.54) is 6.92 Å². The van der Waals surface area contributed by atoms with Gasteiger partial charge in [0.2, 0.25) is 11.8 Å². The topological polar surface area (TPSA) is 84.2 Å². The summed E-state index contributed by atoms with van der Waals surface area (Å²) in [6.45, 7) is 1.45. The van der Waals surface area contributed by atoms with Gasteiger partial charge >= 0.3 is 0 Å². The molecular formula is C16H23N3O2. The van der Waals surface area contributed by atoms with Crippen LogP contribution in [0.1, 0.15) is 39.0 Å². The average molecular weight is 289 g/mol. The number of carbonyl (C=O) groups excluding carboxylic acids is 2. The Balaban J connectivity index is 1.91. The fraction of sp³-hybridized carbons (Fsp3) is 0.500. The van der Waals surface area contributed by atoms with Crippen molar-refractivity contribution in [3.05, 3.63) is 24.3 Å². The van der Waals surface area contributed by atoms with E-state index in [0.717, 1.165) is 25.7 Å². The molecule has 1 aliphatic rings. The van der Waals surface area contributed by atoms with Crippen molar-refractivity contribution in [2.45, 2.75) is 45.1 Å². The fourth-order valence-corrected chi connectivity index (χ4v) is 2.82. The lowest BCUT2D eigenvalue weighted by molar-refractivity contribution is -0.117. The van der Waals surface area contributed by atoms with Gasteiger partial charge in [-0.05, 0) is 37.0 Å². The van der Waals surface area contributed by atoms with Crippen LogP contribution in [0.5, 0.6) is 0 Å². The molecule has 1 aliphatic carbocycles. The van der Waals surface area contributed by atoms with Gasteiger partial charge in [-0.15, -0.1) is 0 Å². The van der Waals surface area contributed by atoms with Crippen molar-refractivity contribution in [3.63, 3.8) is 0 Å². The lowest BCUT2D eigenvalue weighted by Gasteiger charge is -2.27. The maximum absolute atomic E-state index is 12.1. The number of hydrogen-bond acceptors (Lipinski definition) is 3. The molecule has 114 valence electrons. The molecule has 0 saturated heterocycles. The first-order chi connectivity index (χ1) is 10.0. The summed E-state index contributed by atoms with van der Waals surface area (Å²) in [5, 5.41) is 5.57. The standard InChI is InChI=1S/C16H23N3O2/c1-11(20)18-13-6-4-7-14(10-13)19-16(21)9-12-5-2-3-8-15(12)17/h4,6-7,10,12,15H,2-3,5,8-9,17H2,1H3,(H,18,20)(H,19,21). The number of carbonyl (C=O) groups is 2. The molecule has 5 heteroatoms. The number of amides is 2. The molecule has 0 heterocycles. The second-order valence-corrected chi connectivity index (χ2v) is 5.72. The molecule has 2 unspecified atom stereocenters. The minimum Gasteiger partial charge on any atom is -0.327 e. The Bertz CT molecular complexity index is 516. The van der Waals surface area contributed by atoms with Crippen molar-refractivity contribution in [3.8, 4) is 0 Å². The minimum atomic E-state index is -0.133. The normalized spacial score (nSPS) is 21.6. The Morgan fingerprint density at radius 2 is 1.86 bits per heavy atom. The number of anilines is 2. The van der Waals surface area contributed by atoms with Crippen LogP contribution in [0.3, 0.4) is 0 Å². The Hall–Kier alpha value is -1.88. The summed E-state index contributed by atoms with van der Waals surface area (Å²) >= 11 is 0. The van der Waals surface area contributed by atoms with Crippen molar-refractivity contribution >= 4 is 23.2 Å². The second-order valence-electron chi connectivity index (χ2n) is 5.72. The average Bonchev–Trinajstić information content (AvgIpc) is 2.41. The van der Waals surface area contributed by atoms with Crippen LogP contribution in [0.25, 0.3) is 0 Å². The number of nitrogens with one attached hydrogen (secondary N) is 2. The highest BCUT2D eigenvalue weighted by atomic mass is 16.2. The molecule has 0 aromatic heterocycles. The first-order valence-corrected chi connectivity index (χ1v) is 7.47. The molecule has 1 saturated carbocycles. The fourth-order valence-electron chi connectivity index (χ4n) is 2.82. The molecule has 2 atom stereocenters. The monoisotopic (exact) mass is 289 g/mol. The van der Waals surface area contributed by atoms with Crippen LogP contribution >= 0.6 is 0 Å². The van der Waals surface area contributed by atoms with Gasteiger partial charge in [0.1, 0.15) is 0 Å². The lowest BCUT2D eigenvalue weighted by Crippen LogP contribution is -2.35. The largest absolute Gasteiger partial charge is 0.327 e. The van der Waals surface area contributed by atoms with Crippen LogP contribution in [0.2, 0.25) is 0 Å². The van der Waals surface area contributed by atoms with Gasteiger partial charge in [-0.2, -0.15) is 0 Å². The Morgan fingerprint density at radius 1 is 1.19 bits per heavy atom. The Kier molecular flexibility index (Phi) is 5.33. The van der Waals surface area contributed by atoms with Crippen molar-refractivity contribution in [2.24, 2.45) is 11.7 Å². The Labute approximate surface area is 125 Å². The van der Waals surface area contributed by atoms with E-state index in [-0.39, 0.29) is 23.8 Å². The van der Waals surface area contributed by atoms with Crippen LogP contribution < -0.4 is 16.4 Å². The summed E-state index contributed by atoms with van der Waals surface area (Å²) in [6.07, 6.45) is 4.82. The molecule has 1 fully saturated rings. The molecule has 2 rings (SSSR count). The minimum absolute atomic E-state index is 0.0164. The van der Waals surface area contributed by atoms with Crippen molar-refractivity contribution < 1.29 is 9.59 Å². The smallest absolute Gasteiger partial charge is 0.224 e. The third kappa shape index (κ3) is 4.86. The van der Waals surface area contributed by atoms with E-state index in [1.807, 2.05) is 6.07 Å². The van der Waals surface area contributed by atoms with E-state index in [4.69, 9.17) is 5.73 Å². The highest BCUT2D eigenvalue weighted by molar-refractivity contribution is 5.93. The molecule has 4 N–H and O–H groups in total. The predicted octanol–water partition coefficient (Wildman–Crippen LogP) is 2.49. The molecule has 0 radical (unpaired) electrons. The van der Waals surface area contributed by atoms with E-state index in [2.05, 4.69) is 10.6 Å². The van der Waals surface area contributed by atoms with Gasteiger partial charge in [0.05, 0.1) is 0 Å². The molecule has 0 spiro atoms. The number of rotatable bonds is 4. The van der Waals surface area contributed by atoms with E-state index >= 15 is 0 Å². The molecular weight excluding hydrogens is 266 g/mol. The van der Waals surface area contributed by atoms with Gasteiger partial charge in [-0.1, -0.05) is 18.9 Å². The Morgan fingerprint density at radius 3 is 2.52 bits per heavy atom. The third-order valence-electron chi connectivity index (χ3n) is 3.88. The van der Waals surface area contributed by atoms with Gasteiger partial charge < -0.3 is 16.4 Å². The van der Waals surface area contributed by atoms with Crippen LogP contribution in [-0.2, 0) is 9.59 Å². The van der Waals surface area contributed by atoms with Crippen LogP contribution in [0, 0.1) is 5.92 Å². The molecule has 0 aliphatic heterocycles. The van der Waals surface area contributed by atoms with Gasteiger partial charge in [-0.3, -0.25) is 9.59 Å². The molecule has 5 nitrogen and oxygen atoms in total. The predicted molar refractivity (Wildman–Crippen MR) is 83.9 cm³/mol. The van der Waals surface area contributed by atoms with Crippen molar-refractivity contribution in [2.75, 3.05) is 10.6 Å². The maximum atomic E-state index is 12.1. The molecule has 2 amide bonds.